The molecule has 0 saturated carbocycles. The van der Waals surface area contributed by atoms with Crippen molar-refractivity contribution in [1.29, 1.82) is 0 Å². The number of ether oxygens (including phenoxy) is 1. The number of rotatable bonds is 5. The summed E-state index contributed by atoms with van der Waals surface area (Å²) in [5.74, 6) is 0.821. The fraction of sp³-hybridized carbons (Fsp3) is 0.357. The Labute approximate surface area is 121 Å². The summed E-state index contributed by atoms with van der Waals surface area (Å²) in [4.78, 5) is 4.13. The number of benzene rings is 1. The molecule has 2 N–H and O–H groups in total. The average molecular weight is 324 g/mol. The summed E-state index contributed by atoms with van der Waals surface area (Å²) in [7, 11) is 0. The van der Waals surface area contributed by atoms with Crippen molar-refractivity contribution in [1.82, 2.24) is 9.55 Å². The van der Waals surface area contributed by atoms with Gasteiger partial charge in [0.15, 0.2) is 0 Å². The van der Waals surface area contributed by atoms with E-state index in [0.717, 1.165) is 28.0 Å². The Hall–Kier alpha value is -1.33. The van der Waals surface area contributed by atoms with E-state index < -0.39 is 0 Å². The molecule has 0 bridgehead atoms. The topological polar surface area (TPSA) is 53.1 Å². The summed E-state index contributed by atoms with van der Waals surface area (Å²) in [5, 5.41) is 0. The minimum atomic E-state index is -0.0661. The van der Waals surface area contributed by atoms with E-state index in [0.29, 0.717) is 6.61 Å². The molecule has 2 rings (SSSR count). The molecular formula is C14H18BrN3O. The third-order valence-corrected chi connectivity index (χ3v) is 3.47. The smallest absolute Gasteiger partial charge is 0.130 e. The van der Waals surface area contributed by atoms with Crippen LogP contribution in [0.2, 0.25) is 0 Å². The average Bonchev–Trinajstić information content (AvgIpc) is 2.84. The van der Waals surface area contributed by atoms with Gasteiger partial charge >= 0.3 is 0 Å². The van der Waals surface area contributed by atoms with Gasteiger partial charge in [0.25, 0.3) is 0 Å². The molecule has 2 aromatic rings. The fourth-order valence-corrected chi connectivity index (χ4v) is 2.29. The molecule has 0 amide bonds. The first-order chi connectivity index (χ1) is 9.11. The first-order valence-electron chi connectivity index (χ1n) is 6.28. The van der Waals surface area contributed by atoms with Gasteiger partial charge in [0.1, 0.15) is 12.4 Å². The molecule has 19 heavy (non-hydrogen) atoms. The normalized spacial score (nSPS) is 12.4. The quantitative estimate of drug-likeness (QED) is 0.918. The summed E-state index contributed by atoms with van der Waals surface area (Å²) in [6, 6.07) is 5.83. The highest BCUT2D eigenvalue weighted by Crippen LogP contribution is 2.28. The maximum absolute atomic E-state index is 5.97. The van der Waals surface area contributed by atoms with Gasteiger partial charge in [0, 0.05) is 22.6 Å². The van der Waals surface area contributed by atoms with Crippen LogP contribution in [0.5, 0.6) is 5.75 Å². The third kappa shape index (κ3) is 3.36. The molecule has 102 valence electrons. The predicted octanol–water partition coefficient (Wildman–Crippen LogP) is 3.26. The van der Waals surface area contributed by atoms with E-state index in [2.05, 4.69) is 32.4 Å². The van der Waals surface area contributed by atoms with Crippen molar-refractivity contribution in [2.45, 2.75) is 33.0 Å². The van der Waals surface area contributed by atoms with Crippen LogP contribution in [0.4, 0.5) is 0 Å². The van der Waals surface area contributed by atoms with Crippen LogP contribution >= 0.6 is 15.9 Å². The molecular weight excluding hydrogens is 306 g/mol. The van der Waals surface area contributed by atoms with E-state index in [1.807, 2.05) is 37.6 Å². The predicted molar refractivity (Wildman–Crippen MR) is 79.0 cm³/mol. The van der Waals surface area contributed by atoms with E-state index in [9.17, 15) is 0 Å². The van der Waals surface area contributed by atoms with Crippen LogP contribution in [0, 0.1) is 0 Å². The summed E-state index contributed by atoms with van der Waals surface area (Å²) in [5.41, 5.74) is 8.02. The number of halogens is 1. The van der Waals surface area contributed by atoms with Crippen LogP contribution in [0.25, 0.3) is 0 Å². The number of hydrogen-bond acceptors (Lipinski definition) is 3. The second kappa shape index (κ2) is 6.21. The second-order valence-corrected chi connectivity index (χ2v) is 5.35. The lowest BCUT2D eigenvalue weighted by molar-refractivity contribution is 0.291. The molecule has 1 heterocycles. The number of aryl methyl sites for hydroxylation is 1. The van der Waals surface area contributed by atoms with Gasteiger partial charge in [-0.25, -0.2) is 4.98 Å². The number of hydrogen-bond donors (Lipinski definition) is 1. The lowest BCUT2D eigenvalue weighted by Gasteiger charge is -2.15. The molecule has 1 aromatic carbocycles. The molecule has 1 atom stereocenters. The number of imidazole rings is 1. The van der Waals surface area contributed by atoms with Gasteiger partial charge in [0.2, 0.25) is 0 Å². The van der Waals surface area contributed by atoms with Crippen LogP contribution in [-0.2, 0) is 13.2 Å². The number of nitrogens with zero attached hydrogens (tertiary/aromatic N) is 2. The molecule has 0 aliphatic heterocycles. The van der Waals surface area contributed by atoms with Gasteiger partial charge in [-0.2, -0.15) is 0 Å². The van der Waals surface area contributed by atoms with Crippen LogP contribution in [0.3, 0.4) is 0 Å². The maximum atomic E-state index is 5.97. The van der Waals surface area contributed by atoms with Crippen molar-refractivity contribution in [3.05, 3.63) is 46.5 Å². The Bertz CT molecular complexity index is 551. The summed E-state index contributed by atoms with van der Waals surface area (Å²) >= 11 is 3.45. The van der Waals surface area contributed by atoms with Crippen LogP contribution in [0.1, 0.15) is 31.1 Å². The molecule has 0 saturated heterocycles. The Morgan fingerprint density at radius 3 is 2.95 bits per heavy atom. The highest BCUT2D eigenvalue weighted by Gasteiger charge is 2.10. The van der Waals surface area contributed by atoms with Crippen LogP contribution in [0.15, 0.2) is 35.2 Å². The third-order valence-electron chi connectivity index (χ3n) is 2.98. The standard InChI is InChI=1S/C14H18BrN3O/c1-3-18-9-17-7-12(18)8-19-14-5-4-11(15)6-13(14)10(2)16/h4-7,9-10H,3,8,16H2,1-2H3. The zero-order valence-electron chi connectivity index (χ0n) is 11.1. The minimum Gasteiger partial charge on any atom is -0.487 e. The molecule has 1 unspecified atom stereocenters. The van der Waals surface area contributed by atoms with Gasteiger partial charge in [-0.3, -0.25) is 0 Å². The first-order valence-corrected chi connectivity index (χ1v) is 7.08. The Balaban J connectivity index is 2.15. The number of nitrogens with two attached hydrogens (primary N) is 1. The van der Waals surface area contributed by atoms with E-state index >= 15 is 0 Å². The Morgan fingerprint density at radius 1 is 1.47 bits per heavy atom. The highest BCUT2D eigenvalue weighted by atomic mass is 79.9. The van der Waals surface area contributed by atoms with Crippen molar-refractivity contribution in [3.8, 4) is 5.75 Å². The van der Waals surface area contributed by atoms with E-state index in [1.165, 1.54) is 0 Å². The Morgan fingerprint density at radius 2 is 2.26 bits per heavy atom. The SMILES string of the molecule is CCn1cncc1COc1ccc(Br)cc1C(C)N. The summed E-state index contributed by atoms with van der Waals surface area (Å²) < 4.78 is 8.94. The van der Waals surface area contributed by atoms with Gasteiger partial charge in [0.05, 0.1) is 18.2 Å². The van der Waals surface area contributed by atoms with Crippen molar-refractivity contribution >= 4 is 15.9 Å². The lowest BCUT2D eigenvalue weighted by atomic mass is 10.1. The highest BCUT2D eigenvalue weighted by molar-refractivity contribution is 9.10. The fourth-order valence-electron chi connectivity index (χ4n) is 1.91. The molecule has 0 spiro atoms. The summed E-state index contributed by atoms with van der Waals surface area (Å²) in [6.07, 6.45) is 3.64. The van der Waals surface area contributed by atoms with Gasteiger partial charge in [-0.15, -0.1) is 0 Å². The molecule has 1 aromatic heterocycles. The first kappa shape index (κ1) is 14.1. The van der Waals surface area contributed by atoms with E-state index in [4.69, 9.17) is 10.5 Å². The molecule has 4 nitrogen and oxygen atoms in total. The monoisotopic (exact) mass is 323 g/mol. The van der Waals surface area contributed by atoms with E-state index in [1.54, 1.807) is 0 Å². The minimum absolute atomic E-state index is 0.0661. The van der Waals surface area contributed by atoms with Crippen molar-refractivity contribution in [3.63, 3.8) is 0 Å². The maximum Gasteiger partial charge on any atom is 0.130 e. The summed E-state index contributed by atoms with van der Waals surface area (Å²) in [6.45, 7) is 5.41. The van der Waals surface area contributed by atoms with Gasteiger partial charge < -0.3 is 15.0 Å². The molecule has 0 aliphatic rings. The molecule has 0 aliphatic carbocycles. The van der Waals surface area contributed by atoms with Crippen molar-refractivity contribution in [2.75, 3.05) is 0 Å². The van der Waals surface area contributed by atoms with Gasteiger partial charge in [-0.1, -0.05) is 15.9 Å². The van der Waals surface area contributed by atoms with Gasteiger partial charge in [-0.05, 0) is 32.0 Å². The second-order valence-electron chi connectivity index (χ2n) is 4.43. The molecule has 0 fully saturated rings. The lowest BCUT2D eigenvalue weighted by Crippen LogP contribution is -2.09. The zero-order valence-corrected chi connectivity index (χ0v) is 12.7. The van der Waals surface area contributed by atoms with E-state index in [-0.39, 0.29) is 6.04 Å². The molecule has 0 radical (unpaired) electrons. The van der Waals surface area contributed by atoms with Crippen molar-refractivity contribution in [2.24, 2.45) is 5.73 Å². The van der Waals surface area contributed by atoms with Crippen LogP contribution in [-0.4, -0.2) is 9.55 Å². The van der Waals surface area contributed by atoms with Crippen LogP contribution < -0.4 is 10.5 Å². The number of aromatic nitrogens is 2. The zero-order chi connectivity index (χ0) is 13.8. The Kier molecular flexibility index (Phi) is 4.61. The molecule has 5 heteroatoms. The largest absolute Gasteiger partial charge is 0.487 e. The van der Waals surface area contributed by atoms with Crippen molar-refractivity contribution < 1.29 is 4.74 Å².